The molecule has 7 heteroatoms. The van der Waals surface area contributed by atoms with Crippen LogP contribution in [0.25, 0.3) is 0 Å². The molecular weight excluding hydrogens is 341 g/mol. The lowest BCUT2D eigenvalue weighted by atomic mass is 9.78. The van der Waals surface area contributed by atoms with Crippen molar-refractivity contribution < 1.29 is 4.39 Å². The van der Waals surface area contributed by atoms with E-state index in [4.69, 9.17) is 17.3 Å². The van der Waals surface area contributed by atoms with Gasteiger partial charge in [-0.05, 0) is 56.2 Å². The molecule has 0 spiro atoms. The lowest BCUT2D eigenvalue weighted by Gasteiger charge is -2.34. The molecule has 1 aliphatic carbocycles. The van der Waals surface area contributed by atoms with E-state index in [-0.39, 0.29) is 17.8 Å². The minimum absolute atomic E-state index is 0.0436. The van der Waals surface area contributed by atoms with Crippen LogP contribution in [0.3, 0.4) is 0 Å². The summed E-state index contributed by atoms with van der Waals surface area (Å²) in [6.45, 7) is 1.39. The minimum Gasteiger partial charge on any atom is -0.368 e. The van der Waals surface area contributed by atoms with Gasteiger partial charge in [-0.3, -0.25) is 0 Å². The third kappa shape index (κ3) is 4.78. The topological polar surface area (TPSA) is 76.7 Å². The maximum absolute atomic E-state index is 13.5. The molecule has 1 aromatic heterocycles. The molecule has 2 aromatic rings. The lowest BCUT2D eigenvalue weighted by Crippen LogP contribution is -2.35. The summed E-state index contributed by atoms with van der Waals surface area (Å²) in [6.07, 6.45) is 4.21. The highest BCUT2D eigenvalue weighted by Crippen LogP contribution is 2.33. The van der Waals surface area contributed by atoms with Crippen LogP contribution in [-0.2, 0) is 6.42 Å². The zero-order valence-electron chi connectivity index (χ0n) is 14.3. The number of aromatic nitrogens is 3. The smallest absolute Gasteiger partial charge is 0.228 e. The van der Waals surface area contributed by atoms with Gasteiger partial charge in [-0.1, -0.05) is 30.2 Å². The summed E-state index contributed by atoms with van der Waals surface area (Å²) in [4.78, 5) is 12.1. The number of hydrogen-bond donors (Lipinski definition) is 2. The lowest BCUT2D eigenvalue weighted by molar-refractivity contribution is 0.265. The normalized spacial score (nSPS) is 16.9. The maximum Gasteiger partial charge on any atom is 0.228 e. The van der Waals surface area contributed by atoms with Crippen LogP contribution in [0.1, 0.15) is 50.2 Å². The van der Waals surface area contributed by atoms with E-state index in [9.17, 15) is 4.39 Å². The average molecular weight is 364 g/mol. The number of alkyl halides is 1. The third-order valence-electron chi connectivity index (χ3n) is 4.72. The Morgan fingerprint density at radius 3 is 2.56 bits per heavy atom. The Morgan fingerprint density at radius 1 is 1.24 bits per heavy atom. The molecule has 1 fully saturated rings. The van der Waals surface area contributed by atoms with Gasteiger partial charge in [0.1, 0.15) is 0 Å². The third-order valence-corrected chi connectivity index (χ3v) is 4.97. The van der Waals surface area contributed by atoms with Crippen molar-refractivity contribution in [1.29, 1.82) is 0 Å². The summed E-state index contributed by atoms with van der Waals surface area (Å²) in [5.41, 5.74) is 6.93. The van der Waals surface area contributed by atoms with E-state index in [1.165, 1.54) is 31.7 Å². The number of nitrogens with zero attached hydrogens (tertiary/aromatic N) is 3. The Kier molecular flexibility index (Phi) is 5.68. The molecule has 1 aromatic carbocycles. The summed E-state index contributed by atoms with van der Waals surface area (Å²) in [6, 6.07) is 8.14. The van der Waals surface area contributed by atoms with Gasteiger partial charge in [0.05, 0.1) is 0 Å². The highest BCUT2D eigenvalue weighted by atomic mass is 35.5. The minimum atomic E-state index is -1.28. The molecule has 1 heterocycles. The summed E-state index contributed by atoms with van der Waals surface area (Å²) >= 11 is 5.94. The fourth-order valence-electron chi connectivity index (χ4n) is 3.06. The molecule has 2 atom stereocenters. The standard InChI is InChI=1S/C18H23ClFN5/c1-11(20)16-23-17(21)25-18(24-16)22-15(13-3-2-4-13)10-7-12-5-8-14(19)9-6-12/h5-6,8-9,11,13,15H,2-4,7,10H2,1H3,(H3,21,22,23,24,25)/t11?,15-/m0/s1. The molecule has 0 radical (unpaired) electrons. The molecule has 1 unspecified atom stereocenters. The van der Waals surface area contributed by atoms with Crippen molar-refractivity contribution in [1.82, 2.24) is 15.0 Å². The van der Waals surface area contributed by atoms with E-state index in [0.29, 0.717) is 11.9 Å². The van der Waals surface area contributed by atoms with Gasteiger partial charge in [0, 0.05) is 11.1 Å². The van der Waals surface area contributed by atoms with Gasteiger partial charge < -0.3 is 11.1 Å². The monoisotopic (exact) mass is 363 g/mol. The predicted molar refractivity (Wildman–Crippen MR) is 98.3 cm³/mol. The van der Waals surface area contributed by atoms with Gasteiger partial charge in [-0.25, -0.2) is 4.39 Å². The van der Waals surface area contributed by atoms with Crippen LogP contribution in [-0.4, -0.2) is 21.0 Å². The Balaban J connectivity index is 1.69. The quantitative estimate of drug-likeness (QED) is 0.764. The number of aryl methyl sites for hydroxylation is 1. The van der Waals surface area contributed by atoms with Crippen molar-refractivity contribution in [2.45, 2.75) is 51.2 Å². The number of benzene rings is 1. The van der Waals surface area contributed by atoms with Crippen LogP contribution in [0.5, 0.6) is 0 Å². The fourth-order valence-corrected chi connectivity index (χ4v) is 3.18. The molecular formula is C18H23ClFN5. The second-order valence-electron chi connectivity index (χ2n) is 6.60. The van der Waals surface area contributed by atoms with E-state index >= 15 is 0 Å². The van der Waals surface area contributed by atoms with Gasteiger partial charge in [-0.2, -0.15) is 15.0 Å². The van der Waals surface area contributed by atoms with Crippen LogP contribution < -0.4 is 11.1 Å². The number of halogens is 2. The van der Waals surface area contributed by atoms with E-state index in [0.717, 1.165) is 17.9 Å². The van der Waals surface area contributed by atoms with Crippen molar-refractivity contribution in [2.75, 3.05) is 11.1 Å². The van der Waals surface area contributed by atoms with Crippen LogP contribution in [0.2, 0.25) is 5.02 Å². The molecule has 5 nitrogen and oxygen atoms in total. The van der Waals surface area contributed by atoms with Crippen molar-refractivity contribution in [3.05, 3.63) is 40.7 Å². The summed E-state index contributed by atoms with van der Waals surface area (Å²) in [5.74, 6) is 1.05. The van der Waals surface area contributed by atoms with Crippen LogP contribution >= 0.6 is 11.6 Å². The first-order valence-corrected chi connectivity index (χ1v) is 9.05. The highest BCUT2D eigenvalue weighted by molar-refractivity contribution is 6.30. The Hall–Kier alpha value is -1.95. The molecule has 0 saturated heterocycles. The predicted octanol–water partition coefficient (Wildman–Crippen LogP) is 4.35. The molecule has 25 heavy (non-hydrogen) atoms. The van der Waals surface area contributed by atoms with E-state index < -0.39 is 6.17 Å². The average Bonchev–Trinajstić information content (AvgIpc) is 2.52. The van der Waals surface area contributed by atoms with E-state index in [1.54, 1.807) is 0 Å². The second kappa shape index (κ2) is 7.95. The van der Waals surface area contributed by atoms with Crippen LogP contribution in [0.4, 0.5) is 16.3 Å². The number of hydrogen-bond acceptors (Lipinski definition) is 5. The number of rotatable bonds is 7. The molecule has 0 amide bonds. The number of anilines is 2. The Morgan fingerprint density at radius 2 is 1.96 bits per heavy atom. The van der Waals surface area contributed by atoms with Gasteiger partial charge in [0.15, 0.2) is 12.0 Å². The van der Waals surface area contributed by atoms with Crippen molar-refractivity contribution in [2.24, 2.45) is 5.92 Å². The summed E-state index contributed by atoms with van der Waals surface area (Å²) < 4.78 is 13.5. The largest absolute Gasteiger partial charge is 0.368 e. The fraction of sp³-hybridized carbons (Fsp3) is 0.500. The second-order valence-corrected chi connectivity index (χ2v) is 7.03. The molecule has 1 aliphatic rings. The van der Waals surface area contributed by atoms with Crippen molar-refractivity contribution >= 4 is 23.5 Å². The molecule has 134 valence electrons. The first-order chi connectivity index (χ1) is 12.0. The summed E-state index contributed by atoms with van der Waals surface area (Å²) in [7, 11) is 0. The maximum atomic E-state index is 13.5. The number of nitrogen functional groups attached to an aromatic ring is 1. The molecule has 0 bridgehead atoms. The number of nitrogens with one attached hydrogen (secondary N) is 1. The first-order valence-electron chi connectivity index (χ1n) is 8.68. The molecule has 1 saturated carbocycles. The molecule has 3 N–H and O–H groups in total. The SMILES string of the molecule is CC(F)c1nc(N)nc(N[C@@H](CCc2ccc(Cl)cc2)C2CCC2)n1. The number of nitrogens with two attached hydrogens (primary N) is 1. The van der Waals surface area contributed by atoms with E-state index in [2.05, 4.69) is 20.3 Å². The van der Waals surface area contributed by atoms with Crippen molar-refractivity contribution in [3.8, 4) is 0 Å². The van der Waals surface area contributed by atoms with Gasteiger partial charge >= 0.3 is 0 Å². The van der Waals surface area contributed by atoms with Gasteiger partial charge in [0.25, 0.3) is 0 Å². The molecule has 0 aliphatic heterocycles. The van der Waals surface area contributed by atoms with Gasteiger partial charge in [-0.15, -0.1) is 0 Å². The Bertz CT molecular complexity index is 703. The van der Waals surface area contributed by atoms with Gasteiger partial charge in [0.2, 0.25) is 11.9 Å². The highest BCUT2D eigenvalue weighted by Gasteiger charge is 2.28. The zero-order chi connectivity index (χ0) is 17.8. The zero-order valence-corrected chi connectivity index (χ0v) is 15.0. The van der Waals surface area contributed by atoms with Crippen LogP contribution in [0.15, 0.2) is 24.3 Å². The first kappa shape index (κ1) is 17.9. The molecule has 3 rings (SSSR count). The van der Waals surface area contributed by atoms with Crippen molar-refractivity contribution in [3.63, 3.8) is 0 Å². The summed E-state index contributed by atoms with van der Waals surface area (Å²) in [5, 5.41) is 4.11. The van der Waals surface area contributed by atoms with E-state index in [1.807, 2.05) is 24.3 Å². The van der Waals surface area contributed by atoms with Crippen LogP contribution in [0, 0.1) is 5.92 Å². The Labute approximate surface area is 152 Å².